The van der Waals surface area contributed by atoms with Gasteiger partial charge in [-0.3, -0.25) is 9.59 Å². The fourth-order valence-corrected chi connectivity index (χ4v) is 6.88. The van der Waals surface area contributed by atoms with Crippen LogP contribution in [0.4, 0.5) is 0 Å². The minimum Gasteiger partial charge on any atom is -0.507 e. The molecule has 11 nitrogen and oxygen atoms in total. The normalized spacial score (nSPS) is 24.8. The summed E-state index contributed by atoms with van der Waals surface area (Å²) in [5.74, 6) is -6.90. The number of aromatic carboxylic acids is 1. The second-order valence-corrected chi connectivity index (χ2v) is 10.8. The molecule has 41 heavy (non-hydrogen) atoms. The highest BCUT2D eigenvalue weighted by Gasteiger charge is 2.60. The van der Waals surface area contributed by atoms with Gasteiger partial charge in [-0.25, -0.2) is 4.79 Å². The third kappa shape index (κ3) is 3.34. The molecule has 0 saturated carbocycles. The summed E-state index contributed by atoms with van der Waals surface area (Å²) in [5.41, 5.74) is -3.67. The zero-order valence-corrected chi connectivity index (χ0v) is 21.4. The Labute approximate surface area is 231 Å². The van der Waals surface area contributed by atoms with E-state index in [1.54, 1.807) is 6.92 Å². The summed E-state index contributed by atoms with van der Waals surface area (Å²) in [6, 6.07) is 5.80. The van der Waals surface area contributed by atoms with E-state index in [1.165, 1.54) is 30.4 Å². The maximum atomic E-state index is 13.9. The number of phenolic OH excluding ortho intramolecular Hbond substituents is 3. The molecular formula is C30H24O11. The number of carbonyl (C=O) groups is 3. The van der Waals surface area contributed by atoms with E-state index in [-0.39, 0.29) is 28.7 Å². The molecule has 3 aromatic carbocycles. The summed E-state index contributed by atoms with van der Waals surface area (Å²) in [7, 11) is 0. The molecule has 3 aliphatic rings. The number of phenols is 4. The summed E-state index contributed by atoms with van der Waals surface area (Å²) in [4.78, 5) is 39.5. The van der Waals surface area contributed by atoms with Gasteiger partial charge in [0.05, 0.1) is 35.0 Å². The van der Waals surface area contributed by atoms with Crippen molar-refractivity contribution in [1.29, 1.82) is 0 Å². The molecule has 1 unspecified atom stereocenters. The summed E-state index contributed by atoms with van der Waals surface area (Å²) in [5, 5.41) is 86.1. The maximum absolute atomic E-state index is 13.9. The van der Waals surface area contributed by atoms with Gasteiger partial charge in [0, 0.05) is 16.9 Å². The van der Waals surface area contributed by atoms with Crippen LogP contribution >= 0.6 is 0 Å². The van der Waals surface area contributed by atoms with Crippen LogP contribution in [-0.2, 0) is 6.42 Å². The quantitative estimate of drug-likeness (QED) is 0.134. The largest absolute Gasteiger partial charge is 0.507 e. The minimum absolute atomic E-state index is 0.125. The zero-order valence-electron chi connectivity index (χ0n) is 21.4. The molecule has 0 amide bonds. The smallest absolute Gasteiger partial charge is 0.339 e. The first kappa shape index (κ1) is 26.5. The minimum atomic E-state index is -1.84. The topological polar surface area (TPSA) is 213 Å². The van der Waals surface area contributed by atoms with Gasteiger partial charge in [0.1, 0.15) is 28.6 Å². The Bertz CT molecular complexity index is 1750. The lowest BCUT2D eigenvalue weighted by Crippen LogP contribution is -2.51. The lowest BCUT2D eigenvalue weighted by molar-refractivity contribution is -0.119. The van der Waals surface area contributed by atoms with Gasteiger partial charge < -0.3 is 40.9 Å². The monoisotopic (exact) mass is 560 g/mol. The highest BCUT2D eigenvalue weighted by Crippen LogP contribution is 2.62. The Morgan fingerprint density at radius 2 is 1.44 bits per heavy atom. The fraction of sp³-hybridized carbons (Fsp3) is 0.233. The summed E-state index contributed by atoms with van der Waals surface area (Å²) in [6.45, 7) is 1.56. The standard InChI is InChI=1S/C30H24O11/c1-10-6-12(20(29(40)41)17(34)7-10)27(38)30-9-11-8-18(35)23-24(19(11)13(30)2-3-16(33)28(30)39)26(37)22-15(32)5-4-14(31)21(22)25(23)36/h2-8,13,16,27-28,31-35,38-39H,9H2,1H3,(H,40,41)/t13-,16-,27-,28-,30?/m1/s1. The highest BCUT2D eigenvalue weighted by molar-refractivity contribution is 6.31. The van der Waals surface area contributed by atoms with E-state index in [0.29, 0.717) is 5.56 Å². The number of aryl methyl sites for hydroxylation is 1. The number of carbonyl (C=O) groups excluding carboxylic acids is 2. The Morgan fingerprint density at radius 3 is 2.05 bits per heavy atom. The van der Waals surface area contributed by atoms with E-state index in [0.717, 1.165) is 12.1 Å². The number of rotatable bonds is 3. The number of aromatic hydroxyl groups is 4. The van der Waals surface area contributed by atoms with Gasteiger partial charge in [-0.15, -0.1) is 0 Å². The highest BCUT2D eigenvalue weighted by atomic mass is 16.4. The predicted molar refractivity (Wildman–Crippen MR) is 140 cm³/mol. The molecule has 0 bridgehead atoms. The summed E-state index contributed by atoms with van der Waals surface area (Å²) < 4.78 is 0. The molecule has 11 heteroatoms. The molecular weight excluding hydrogens is 536 g/mol. The van der Waals surface area contributed by atoms with E-state index in [4.69, 9.17) is 0 Å². The molecule has 0 saturated heterocycles. The van der Waals surface area contributed by atoms with Crippen LogP contribution in [0.2, 0.25) is 0 Å². The van der Waals surface area contributed by atoms with Crippen LogP contribution in [0.3, 0.4) is 0 Å². The Balaban J connectivity index is 1.64. The van der Waals surface area contributed by atoms with E-state index in [1.807, 2.05) is 0 Å². The Kier molecular flexibility index (Phi) is 5.59. The van der Waals surface area contributed by atoms with Crippen LogP contribution < -0.4 is 0 Å². The number of ketones is 2. The van der Waals surface area contributed by atoms with Crippen molar-refractivity contribution in [3.8, 4) is 23.0 Å². The van der Waals surface area contributed by atoms with Crippen molar-refractivity contribution in [3.05, 3.63) is 92.6 Å². The van der Waals surface area contributed by atoms with E-state index in [2.05, 4.69) is 0 Å². The van der Waals surface area contributed by atoms with Gasteiger partial charge in [-0.1, -0.05) is 18.2 Å². The van der Waals surface area contributed by atoms with Crippen molar-refractivity contribution < 1.29 is 55.2 Å². The van der Waals surface area contributed by atoms with Crippen molar-refractivity contribution >= 4 is 17.5 Å². The Hall–Kier alpha value is -4.71. The molecule has 3 aromatic rings. The summed E-state index contributed by atoms with van der Waals surface area (Å²) >= 11 is 0. The first-order valence-corrected chi connectivity index (χ1v) is 12.6. The fourth-order valence-electron chi connectivity index (χ4n) is 6.88. The molecule has 0 heterocycles. The number of benzene rings is 3. The van der Waals surface area contributed by atoms with Crippen molar-refractivity contribution in [1.82, 2.24) is 0 Å². The second-order valence-electron chi connectivity index (χ2n) is 10.8. The molecule has 0 fully saturated rings. The van der Waals surface area contributed by atoms with Gasteiger partial charge in [0.2, 0.25) is 5.78 Å². The van der Waals surface area contributed by atoms with Crippen LogP contribution in [0, 0.1) is 12.3 Å². The van der Waals surface area contributed by atoms with Crippen LogP contribution in [0.1, 0.15) is 76.5 Å². The molecule has 8 N–H and O–H groups in total. The number of carboxylic acids is 1. The van der Waals surface area contributed by atoms with Crippen LogP contribution in [0.25, 0.3) is 0 Å². The number of allylic oxidation sites excluding steroid dienone is 1. The SMILES string of the molecule is Cc1cc(O)c(C(=O)O)c([C@@H](O)C23Cc4cc(O)c5c(c4[C@H]2C=C[C@@H](O)[C@H]3O)C(=O)c2c(O)ccc(O)c2C5=O)c1. The molecule has 0 aromatic heterocycles. The number of hydrogen-bond acceptors (Lipinski definition) is 10. The second kappa shape index (κ2) is 8.64. The number of fused-ring (bicyclic) bond motifs is 6. The van der Waals surface area contributed by atoms with Crippen LogP contribution in [0.15, 0.2) is 42.5 Å². The number of carboxylic acid groups (broad SMARTS) is 1. The van der Waals surface area contributed by atoms with Crippen LogP contribution in [-0.4, -0.2) is 70.6 Å². The number of hydrogen-bond donors (Lipinski definition) is 8. The molecule has 0 spiro atoms. The predicted octanol–water partition coefficient (Wildman–Crippen LogP) is 1.94. The Morgan fingerprint density at radius 1 is 0.854 bits per heavy atom. The number of aliphatic hydroxyl groups is 3. The van der Waals surface area contributed by atoms with Crippen molar-refractivity contribution in [2.24, 2.45) is 5.41 Å². The van der Waals surface area contributed by atoms with Gasteiger partial charge >= 0.3 is 5.97 Å². The van der Waals surface area contributed by atoms with E-state index in [9.17, 15) is 55.2 Å². The molecule has 6 rings (SSSR count). The molecule has 0 radical (unpaired) electrons. The average Bonchev–Trinajstić information content (AvgIpc) is 3.24. The third-order valence-corrected chi connectivity index (χ3v) is 8.57. The van der Waals surface area contributed by atoms with E-state index < -0.39 is 92.4 Å². The first-order chi connectivity index (χ1) is 19.3. The van der Waals surface area contributed by atoms with Gasteiger partial charge in [0.15, 0.2) is 5.78 Å². The average molecular weight is 561 g/mol. The van der Waals surface area contributed by atoms with Gasteiger partial charge in [-0.2, -0.15) is 0 Å². The molecule has 3 aliphatic carbocycles. The lowest BCUT2D eigenvalue weighted by atomic mass is 9.61. The van der Waals surface area contributed by atoms with Crippen molar-refractivity contribution in [2.75, 3.05) is 0 Å². The zero-order chi connectivity index (χ0) is 29.7. The van der Waals surface area contributed by atoms with Gasteiger partial charge in [0.25, 0.3) is 0 Å². The number of aliphatic hydroxyl groups excluding tert-OH is 3. The van der Waals surface area contributed by atoms with E-state index >= 15 is 0 Å². The molecule has 5 atom stereocenters. The first-order valence-electron chi connectivity index (χ1n) is 12.6. The molecule has 0 aliphatic heterocycles. The molecule has 210 valence electrons. The summed E-state index contributed by atoms with van der Waals surface area (Å²) in [6.07, 6.45) is -2.72. The third-order valence-electron chi connectivity index (χ3n) is 8.57. The van der Waals surface area contributed by atoms with Crippen LogP contribution in [0.5, 0.6) is 23.0 Å². The van der Waals surface area contributed by atoms with Crippen molar-refractivity contribution in [2.45, 2.75) is 37.6 Å². The lowest BCUT2D eigenvalue weighted by Gasteiger charge is -2.46. The maximum Gasteiger partial charge on any atom is 0.339 e. The van der Waals surface area contributed by atoms with Crippen molar-refractivity contribution in [3.63, 3.8) is 0 Å². The van der Waals surface area contributed by atoms with Gasteiger partial charge in [-0.05, 0) is 59.9 Å².